The molecule has 2 aromatic rings. The van der Waals surface area contributed by atoms with Gasteiger partial charge in [0.05, 0.1) is 13.1 Å². The SMILES string of the molecule is CCN1CC[C@@H](Cn2nc(C3CCNCC3)n(Cc3ccccc3)c2=O)C1. The lowest BCUT2D eigenvalue weighted by Crippen LogP contribution is -2.31. The fourth-order valence-corrected chi connectivity index (χ4v) is 4.47. The number of rotatable bonds is 6. The Kier molecular flexibility index (Phi) is 5.74. The van der Waals surface area contributed by atoms with Crippen molar-refractivity contribution in [1.29, 1.82) is 0 Å². The van der Waals surface area contributed by atoms with Crippen LogP contribution in [0, 0.1) is 5.92 Å². The molecule has 4 rings (SSSR count). The van der Waals surface area contributed by atoms with E-state index in [9.17, 15) is 4.79 Å². The van der Waals surface area contributed by atoms with Gasteiger partial charge in [-0.2, -0.15) is 5.10 Å². The Morgan fingerprint density at radius 3 is 2.63 bits per heavy atom. The first-order valence-electron chi connectivity index (χ1n) is 10.4. The summed E-state index contributed by atoms with van der Waals surface area (Å²) < 4.78 is 3.68. The fourth-order valence-electron chi connectivity index (χ4n) is 4.47. The summed E-state index contributed by atoms with van der Waals surface area (Å²) in [7, 11) is 0. The van der Waals surface area contributed by atoms with E-state index in [-0.39, 0.29) is 5.69 Å². The minimum atomic E-state index is 0.0577. The van der Waals surface area contributed by atoms with Gasteiger partial charge in [0.1, 0.15) is 5.82 Å². The van der Waals surface area contributed by atoms with Crippen molar-refractivity contribution in [3.05, 3.63) is 52.2 Å². The molecule has 6 nitrogen and oxygen atoms in total. The summed E-state index contributed by atoms with van der Waals surface area (Å²) in [6.45, 7) is 8.89. The van der Waals surface area contributed by atoms with Gasteiger partial charge in [-0.05, 0) is 56.9 Å². The summed E-state index contributed by atoms with van der Waals surface area (Å²) in [5.74, 6) is 1.89. The van der Waals surface area contributed by atoms with Crippen molar-refractivity contribution in [2.24, 2.45) is 5.92 Å². The van der Waals surface area contributed by atoms with Crippen LogP contribution in [-0.4, -0.2) is 52.0 Å². The Hall–Kier alpha value is -1.92. The minimum Gasteiger partial charge on any atom is -0.317 e. The highest BCUT2D eigenvalue weighted by Gasteiger charge is 2.27. The Morgan fingerprint density at radius 2 is 1.93 bits per heavy atom. The predicted molar refractivity (Wildman–Crippen MR) is 107 cm³/mol. The van der Waals surface area contributed by atoms with Gasteiger partial charge in [-0.25, -0.2) is 9.48 Å². The smallest absolute Gasteiger partial charge is 0.317 e. The predicted octanol–water partition coefficient (Wildman–Crippen LogP) is 1.90. The number of nitrogens with zero attached hydrogens (tertiary/aromatic N) is 4. The zero-order chi connectivity index (χ0) is 18.6. The number of hydrogen-bond acceptors (Lipinski definition) is 4. The first kappa shape index (κ1) is 18.4. The maximum atomic E-state index is 13.2. The first-order valence-corrected chi connectivity index (χ1v) is 10.4. The van der Waals surface area contributed by atoms with Crippen LogP contribution in [0.1, 0.15) is 43.5 Å². The molecule has 3 heterocycles. The average Bonchev–Trinajstić information content (AvgIpc) is 3.29. The third-order valence-electron chi connectivity index (χ3n) is 6.09. The zero-order valence-electron chi connectivity index (χ0n) is 16.3. The second-order valence-electron chi connectivity index (χ2n) is 7.97. The summed E-state index contributed by atoms with van der Waals surface area (Å²) in [5, 5.41) is 8.28. The summed E-state index contributed by atoms with van der Waals surface area (Å²) in [4.78, 5) is 15.7. The molecule has 0 amide bonds. The standard InChI is InChI=1S/C21H31N5O/c1-2-24-13-10-18(14-24)16-26-21(27)25(15-17-6-4-3-5-7-17)20(23-26)19-8-11-22-12-9-19/h3-7,18-19,22H,2,8-16H2,1H3/t18-/m1/s1. The van der Waals surface area contributed by atoms with E-state index in [2.05, 4.69) is 29.3 Å². The van der Waals surface area contributed by atoms with Crippen LogP contribution >= 0.6 is 0 Å². The fraction of sp³-hybridized carbons (Fsp3) is 0.619. The van der Waals surface area contributed by atoms with Gasteiger partial charge in [0, 0.05) is 12.5 Å². The third-order valence-corrected chi connectivity index (χ3v) is 6.09. The monoisotopic (exact) mass is 369 g/mol. The molecule has 146 valence electrons. The molecule has 1 aromatic carbocycles. The molecule has 0 bridgehead atoms. The highest BCUT2D eigenvalue weighted by molar-refractivity contribution is 5.16. The molecule has 1 aromatic heterocycles. The van der Waals surface area contributed by atoms with Crippen LogP contribution in [-0.2, 0) is 13.1 Å². The molecule has 27 heavy (non-hydrogen) atoms. The summed E-state index contributed by atoms with van der Waals surface area (Å²) >= 11 is 0. The van der Waals surface area contributed by atoms with Gasteiger partial charge in [-0.15, -0.1) is 0 Å². The van der Waals surface area contributed by atoms with Gasteiger partial charge >= 0.3 is 5.69 Å². The number of aromatic nitrogens is 3. The van der Waals surface area contributed by atoms with Gasteiger partial charge in [0.25, 0.3) is 0 Å². The molecule has 2 saturated heterocycles. The van der Waals surface area contributed by atoms with Crippen molar-refractivity contribution in [2.45, 2.75) is 45.2 Å². The molecule has 0 saturated carbocycles. The minimum absolute atomic E-state index is 0.0577. The van der Waals surface area contributed by atoms with E-state index in [0.717, 1.165) is 69.9 Å². The number of piperidine rings is 1. The number of hydrogen-bond donors (Lipinski definition) is 1. The van der Waals surface area contributed by atoms with E-state index in [0.29, 0.717) is 18.4 Å². The maximum absolute atomic E-state index is 13.2. The van der Waals surface area contributed by atoms with E-state index >= 15 is 0 Å². The van der Waals surface area contributed by atoms with E-state index < -0.39 is 0 Å². The Morgan fingerprint density at radius 1 is 1.15 bits per heavy atom. The lowest BCUT2D eigenvalue weighted by Gasteiger charge is -2.22. The molecular formula is C21H31N5O. The normalized spacial score (nSPS) is 21.7. The first-order chi connectivity index (χ1) is 13.2. The molecule has 0 unspecified atom stereocenters. The van der Waals surface area contributed by atoms with Crippen molar-refractivity contribution in [1.82, 2.24) is 24.6 Å². The Labute approximate surface area is 161 Å². The highest BCUT2D eigenvalue weighted by atomic mass is 16.2. The van der Waals surface area contributed by atoms with Crippen molar-refractivity contribution < 1.29 is 0 Å². The average molecular weight is 370 g/mol. The van der Waals surface area contributed by atoms with Crippen LogP contribution in [0.5, 0.6) is 0 Å². The zero-order valence-corrected chi connectivity index (χ0v) is 16.3. The van der Waals surface area contributed by atoms with Crippen LogP contribution in [0.15, 0.2) is 35.1 Å². The second kappa shape index (κ2) is 8.40. The van der Waals surface area contributed by atoms with Crippen LogP contribution in [0.3, 0.4) is 0 Å². The Bertz CT molecular complexity index is 791. The lowest BCUT2D eigenvalue weighted by atomic mass is 9.97. The van der Waals surface area contributed by atoms with Gasteiger partial charge < -0.3 is 10.2 Å². The van der Waals surface area contributed by atoms with Gasteiger partial charge in [-0.3, -0.25) is 4.57 Å². The molecule has 1 atom stereocenters. The lowest BCUT2D eigenvalue weighted by molar-refractivity contribution is 0.326. The highest BCUT2D eigenvalue weighted by Crippen LogP contribution is 2.24. The van der Waals surface area contributed by atoms with Crippen molar-refractivity contribution in [3.63, 3.8) is 0 Å². The molecule has 6 heteroatoms. The van der Waals surface area contributed by atoms with E-state index in [4.69, 9.17) is 5.10 Å². The molecule has 2 fully saturated rings. The summed E-state index contributed by atoms with van der Waals surface area (Å²) in [6.07, 6.45) is 3.27. The van der Waals surface area contributed by atoms with Crippen LogP contribution in [0.4, 0.5) is 0 Å². The summed E-state index contributed by atoms with van der Waals surface area (Å²) in [5.41, 5.74) is 1.22. The van der Waals surface area contributed by atoms with E-state index in [1.165, 1.54) is 0 Å². The molecule has 0 aliphatic carbocycles. The quantitative estimate of drug-likeness (QED) is 0.845. The third kappa shape index (κ3) is 4.17. The maximum Gasteiger partial charge on any atom is 0.346 e. The number of likely N-dealkylation sites (tertiary alicyclic amines) is 1. The second-order valence-corrected chi connectivity index (χ2v) is 7.97. The summed E-state index contributed by atoms with van der Waals surface area (Å²) in [6, 6.07) is 10.3. The number of benzene rings is 1. The number of nitrogens with one attached hydrogen (secondary N) is 1. The van der Waals surface area contributed by atoms with E-state index in [1.807, 2.05) is 22.8 Å². The van der Waals surface area contributed by atoms with E-state index in [1.54, 1.807) is 4.68 Å². The molecule has 0 radical (unpaired) electrons. The van der Waals surface area contributed by atoms with Crippen molar-refractivity contribution in [2.75, 3.05) is 32.7 Å². The molecule has 2 aliphatic rings. The molecule has 0 spiro atoms. The molecule has 1 N–H and O–H groups in total. The van der Waals surface area contributed by atoms with Crippen LogP contribution < -0.4 is 11.0 Å². The Balaban J connectivity index is 1.61. The van der Waals surface area contributed by atoms with Gasteiger partial charge in [0.2, 0.25) is 0 Å². The van der Waals surface area contributed by atoms with Crippen molar-refractivity contribution >= 4 is 0 Å². The van der Waals surface area contributed by atoms with Crippen LogP contribution in [0.2, 0.25) is 0 Å². The van der Waals surface area contributed by atoms with Gasteiger partial charge in [0.15, 0.2) is 0 Å². The molecular weight excluding hydrogens is 338 g/mol. The van der Waals surface area contributed by atoms with Crippen molar-refractivity contribution in [3.8, 4) is 0 Å². The van der Waals surface area contributed by atoms with Gasteiger partial charge in [-0.1, -0.05) is 37.3 Å². The largest absolute Gasteiger partial charge is 0.346 e. The molecule has 2 aliphatic heterocycles. The van der Waals surface area contributed by atoms with Crippen LogP contribution in [0.25, 0.3) is 0 Å². The topological polar surface area (TPSA) is 55.1 Å².